The van der Waals surface area contributed by atoms with Crippen molar-refractivity contribution in [3.05, 3.63) is 95.5 Å². The Hall–Kier alpha value is -4.09. The molecule has 2 heterocycles. The topological polar surface area (TPSA) is 64.4 Å². The summed E-state index contributed by atoms with van der Waals surface area (Å²) in [4.78, 5) is 16.7. The number of anilines is 1. The van der Waals surface area contributed by atoms with Gasteiger partial charge in [-0.3, -0.25) is 4.79 Å². The first kappa shape index (κ1) is 22.7. The maximum absolute atomic E-state index is 12.7. The molecule has 5 aromatic rings. The first-order valence-corrected chi connectivity index (χ1v) is 11.5. The van der Waals surface area contributed by atoms with E-state index in [1.807, 2.05) is 38.1 Å². The summed E-state index contributed by atoms with van der Waals surface area (Å²) in [6, 6.07) is 20.0. The Bertz CT molecular complexity index is 1610. The molecule has 0 aliphatic heterocycles. The van der Waals surface area contributed by atoms with E-state index in [0.717, 1.165) is 49.6 Å². The standard InChI is InChI=1S/C29H23ClN2O3/c1-17(14-26(33)32-25-12-7-13-31-29(25)30)22-15-23-24(16-35-28(23)18(2)27(22)34-3)21-11-6-9-19-8-4-5-10-20(19)21/h4-16H,1-3H3,(H,32,33)/b17-14+. The second-order valence-corrected chi connectivity index (χ2v) is 8.65. The molecule has 0 radical (unpaired) electrons. The number of carbonyl (C=O) groups is 1. The molecule has 35 heavy (non-hydrogen) atoms. The van der Waals surface area contributed by atoms with Gasteiger partial charge in [0, 0.05) is 34.3 Å². The van der Waals surface area contributed by atoms with Crippen LogP contribution >= 0.6 is 11.6 Å². The largest absolute Gasteiger partial charge is 0.496 e. The van der Waals surface area contributed by atoms with Crippen LogP contribution in [-0.2, 0) is 4.79 Å². The van der Waals surface area contributed by atoms with Gasteiger partial charge >= 0.3 is 0 Å². The van der Waals surface area contributed by atoms with Gasteiger partial charge in [0.25, 0.3) is 0 Å². The van der Waals surface area contributed by atoms with Crippen molar-refractivity contribution in [1.29, 1.82) is 0 Å². The third-order valence-electron chi connectivity index (χ3n) is 6.12. The predicted molar refractivity (Wildman–Crippen MR) is 142 cm³/mol. The van der Waals surface area contributed by atoms with Crippen LogP contribution in [0.1, 0.15) is 18.1 Å². The second-order valence-electron chi connectivity index (χ2n) is 8.29. The number of fused-ring (bicyclic) bond motifs is 2. The van der Waals surface area contributed by atoms with Gasteiger partial charge in [-0.2, -0.15) is 0 Å². The number of benzene rings is 3. The fraction of sp³-hybridized carbons (Fsp3) is 0.103. The zero-order chi connectivity index (χ0) is 24.5. The molecule has 3 aromatic carbocycles. The van der Waals surface area contributed by atoms with Gasteiger partial charge in [0.2, 0.25) is 5.91 Å². The molecule has 0 aliphatic rings. The van der Waals surface area contributed by atoms with Crippen LogP contribution in [-0.4, -0.2) is 18.0 Å². The van der Waals surface area contributed by atoms with Gasteiger partial charge in [0.15, 0.2) is 5.15 Å². The van der Waals surface area contributed by atoms with Crippen molar-refractivity contribution >= 4 is 50.5 Å². The highest BCUT2D eigenvalue weighted by Gasteiger charge is 2.19. The van der Waals surface area contributed by atoms with E-state index in [-0.39, 0.29) is 11.1 Å². The van der Waals surface area contributed by atoms with Crippen molar-refractivity contribution < 1.29 is 13.9 Å². The van der Waals surface area contributed by atoms with Crippen LogP contribution in [0, 0.1) is 6.92 Å². The number of aryl methyl sites for hydroxylation is 1. The average Bonchev–Trinajstić information content (AvgIpc) is 3.29. The summed E-state index contributed by atoms with van der Waals surface area (Å²) in [6.45, 7) is 3.84. The lowest BCUT2D eigenvalue weighted by Crippen LogP contribution is -2.09. The number of methoxy groups -OCH3 is 1. The highest BCUT2D eigenvalue weighted by atomic mass is 35.5. The van der Waals surface area contributed by atoms with Gasteiger partial charge in [-0.25, -0.2) is 4.98 Å². The monoisotopic (exact) mass is 482 g/mol. The van der Waals surface area contributed by atoms with Crippen molar-refractivity contribution in [3.63, 3.8) is 0 Å². The van der Waals surface area contributed by atoms with E-state index >= 15 is 0 Å². The number of aromatic nitrogens is 1. The lowest BCUT2D eigenvalue weighted by Gasteiger charge is -2.14. The molecule has 0 saturated carbocycles. The third-order valence-corrected chi connectivity index (χ3v) is 6.42. The molecule has 0 unspecified atom stereocenters. The quantitative estimate of drug-likeness (QED) is 0.206. The zero-order valence-electron chi connectivity index (χ0n) is 19.6. The number of amides is 1. The Morgan fingerprint density at radius 2 is 1.86 bits per heavy atom. The highest BCUT2D eigenvalue weighted by Crippen LogP contribution is 2.42. The molecule has 0 aliphatic carbocycles. The molecule has 2 aromatic heterocycles. The third kappa shape index (κ3) is 4.15. The number of furan rings is 1. The number of nitrogens with one attached hydrogen (secondary N) is 1. The summed E-state index contributed by atoms with van der Waals surface area (Å²) in [5.41, 5.74) is 5.71. The lowest BCUT2D eigenvalue weighted by molar-refractivity contribution is -0.111. The molecule has 1 amide bonds. The van der Waals surface area contributed by atoms with Gasteiger partial charge in [-0.15, -0.1) is 0 Å². The number of carbonyl (C=O) groups excluding carboxylic acids is 1. The van der Waals surface area contributed by atoms with Crippen LogP contribution in [0.2, 0.25) is 5.15 Å². The van der Waals surface area contributed by atoms with E-state index in [2.05, 4.69) is 34.6 Å². The van der Waals surface area contributed by atoms with Crippen LogP contribution in [0.5, 0.6) is 5.75 Å². The highest BCUT2D eigenvalue weighted by molar-refractivity contribution is 6.32. The van der Waals surface area contributed by atoms with Gasteiger partial charge in [0.05, 0.1) is 19.1 Å². The summed E-state index contributed by atoms with van der Waals surface area (Å²) in [6.07, 6.45) is 4.89. The minimum absolute atomic E-state index is 0.236. The van der Waals surface area contributed by atoms with Gasteiger partial charge in [-0.05, 0) is 54.0 Å². The van der Waals surface area contributed by atoms with Crippen molar-refractivity contribution in [3.8, 4) is 16.9 Å². The number of hydrogen-bond donors (Lipinski definition) is 1. The molecule has 0 fully saturated rings. The van der Waals surface area contributed by atoms with E-state index in [1.165, 1.54) is 6.08 Å². The number of pyridine rings is 1. The molecule has 0 atom stereocenters. The van der Waals surface area contributed by atoms with Crippen molar-refractivity contribution in [1.82, 2.24) is 4.98 Å². The Labute approximate surface area is 208 Å². The van der Waals surface area contributed by atoms with Gasteiger partial charge in [-0.1, -0.05) is 54.1 Å². The molecule has 5 nitrogen and oxygen atoms in total. The zero-order valence-corrected chi connectivity index (χ0v) is 20.3. The summed E-state index contributed by atoms with van der Waals surface area (Å²) in [5, 5.41) is 6.28. The Morgan fingerprint density at radius 1 is 1.06 bits per heavy atom. The number of allylic oxidation sites excluding steroid dienone is 1. The predicted octanol–water partition coefficient (Wildman–Crippen LogP) is 7.66. The number of hydrogen-bond acceptors (Lipinski definition) is 4. The fourth-order valence-electron chi connectivity index (χ4n) is 4.46. The summed E-state index contributed by atoms with van der Waals surface area (Å²) in [7, 11) is 1.62. The van der Waals surface area contributed by atoms with E-state index in [1.54, 1.807) is 31.7 Å². The maximum Gasteiger partial charge on any atom is 0.248 e. The average molecular weight is 483 g/mol. The maximum atomic E-state index is 12.7. The lowest BCUT2D eigenvalue weighted by atomic mass is 9.94. The van der Waals surface area contributed by atoms with E-state index in [4.69, 9.17) is 20.8 Å². The fourth-order valence-corrected chi connectivity index (χ4v) is 4.63. The molecule has 174 valence electrons. The van der Waals surface area contributed by atoms with Crippen LogP contribution < -0.4 is 10.1 Å². The number of nitrogens with zero attached hydrogens (tertiary/aromatic N) is 1. The van der Waals surface area contributed by atoms with Crippen molar-refractivity contribution in [2.24, 2.45) is 0 Å². The minimum Gasteiger partial charge on any atom is -0.496 e. The van der Waals surface area contributed by atoms with Gasteiger partial charge in [0.1, 0.15) is 11.3 Å². The van der Waals surface area contributed by atoms with Gasteiger partial charge < -0.3 is 14.5 Å². The molecule has 0 bridgehead atoms. The summed E-state index contributed by atoms with van der Waals surface area (Å²) in [5.74, 6) is 0.357. The normalized spacial score (nSPS) is 11.7. The van der Waals surface area contributed by atoms with E-state index in [0.29, 0.717) is 11.4 Å². The molecular weight excluding hydrogens is 460 g/mol. The Kier molecular flexibility index (Phi) is 6.01. The Morgan fingerprint density at radius 3 is 2.66 bits per heavy atom. The molecule has 0 spiro atoms. The van der Waals surface area contributed by atoms with Crippen molar-refractivity contribution in [2.45, 2.75) is 13.8 Å². The van der Waals surface area contributed by atoms with Crippen LogP contribution in [0.3, 0.4) is 0 Å². The first-order valence-electron chi connectivity index (χ1n) is 11.1. The number of ether oxygens (including phenoxy) is 1. The molecule has 1 N–H and O–H groups in total. The van der Waals surface area contributed by atoms with Crippen LogP contribution in [0.25, 0.3) is 38.4 Å². The number of rotatable bonds is 5. The smallest absolute Gasteiger partial charge is 0.248 e. The minimum atomic E-state index is -0.307. The van der Waals surface area contributed by atoms with Crippen molar-refractivity contribution in [2.75, 3.05) is 12.4 Å². The Balaban J connectivity index is 1.62. The molecular formula is C29H23ClN2O3. The number of halogens is 1. The van der Waals surface area contributed by atoms with Crippen LogP contribution in [0.15, 0.2) is 83.6 Å². The summed E-state index contributed by atoms with van der Waals surface area (Å²) >= 11 is 6.08. The molecule has 5 rings (SSSR count). The second kappa shape index (κ2) is 9.28. The SMILES string of the molecule is COc1c(/C(C)=C/C(=O)Nc2cccnc2Cl)cc2c(-c3cccc4ccccc34)coc2c1C. The van der Waals surface area contributed by atoms with E-state index < -0.39 is 0 Å². The van der Waals surface area contributed by atoms with E-state index in [9.17, 15) is 4.79 Å². The van der Waals surface area contributed by atoms with Crippen LogP contribution in [0.4, 0.5) is 5.69 Å². The molecule has 6 heteroatoms. The first-order chi connectivity index (χ1) is 17.0. The summed E-state index contributed by atoms with van der Waals surface area (Å²) < 4.78 is 11.8. The molecule has 0 saturated heterocycles.